The van der Waals surface area contributed by atoms with Crippen molar-refractivity contribution >= 4 is 29.9 Å². The van der Waals surface area contributed by atoms with Crippen LogP contribution in [-0.4, -0.2) is 35.6 Å². The summed E-state index contributed by atoms with van der Waals surface area (Å²) in [6.07, 6.45) is 3.26. The van der Waals surface area contributed by atoms with E-state index in [-0.39, 0.29) is 24.0 Å². The van der Waals surface area contributed by atoms with Crippen LogP contribution in [0, 0.1) is 6.92 Å². The van der Waals surface area contributed by atoms with Crippen molar-refractivity contribution in [1.29, 1.82) is 0 Å². The largest absolute Gasteiger partial charge is 0.353 e. The van der Waals surface area contributed by atoms with Crippen LogP contribution in [-0.2, 0) is 13.6 Å². The molecule has 0 radical (unpaired) electrons. The van der Waals surface area contributed by atoms with E-state index in [1.54, 1.807) is 0 Å². The number of nitrogens with zero attached hydrogens (tertiary/aromatic N) is 3. The minimum Gasteiger partial charge on any atom is -0.353 e. The first-order chi connectivity index (χ1) is 11.2. The Labute approximate surface area is 162 Å². The highest BCUT2D eigenvalue weighted by Crippen LogP contribution is 2.29. The van der Waals surface area contributed by atoms with Crippen LogP contribution < -0.4 is 5.32 Å². The van der Waals surface area contributed by atoms with E-state index >= 15 is 0 Å². The van der Waals surface area contributed by atoms with Crippen LogP contribution in [0.15, 0.2) is 47.6 Å². The molecule has 0 spiro atoms. The molecular formula is C19H27IN4. The van der Waals surface area contributed by atoms with Crippen molar-refractivity contribution in [2.75, 3.05) is 20.1 Å². The van der Waals surface area contributed by atoms with Crippen LogP contribution in [0.2, 0.25) is 0 Å². The molecule has 1 unspecified atom stereocenters. The van der Waals surface area contributed by atoms with E-state index in [2.05, 4.69) is 76.3 Å². The second-order valence-corrected chi connectivity index (χ2v) is 6.30. The number of hydrogen-bond acceptors (Lipinski definition) is 1. The number of nitrogens with one attached hydrogen (secondary N) is 1. The third kappa shape index (κ3) is 4.12. The van der Waals surface area contributed by atoms with E-state index in [0.29, 0.717) is 5.92 Å². The van der Waals surface area contributed by atoms with Crippen molar-refractivity contribution < 1.29 is 0 Å². The van der Waals surface area contributed by atoms with Crippen molar-refractivity contribution in [3.05, 3.63) is 59.4 Å². The molecule has 2 heterocycles. The molecule has 0 amide bonds. The molecule has 24 heavy (non-hydrogen) atoms. The summed E-state index contributed by atoms with van der Waals surface area (Å²) in [5.41, 5.74) is 4.14. The van der Waals surface area contributed by atoms with Gasteiger partial charge >= 0.3 is 0 Å². The molecule has 1 aromatic carbocycles. The molecule has 3 rings (SSSR count). The quantitative estimate of drug-likeness (QED) is 0.452. The first-order valence-corrected chi connectivity index (χ1v) is 8.30. The fourth-order valence-corrected chi connectivity index (χ4v) is 3.43. The zero-order chi connectivity index (χ0) is 16.2. The van der Waals surface area contributed by atoms with Gasteiger partial charge in [-0.25, -0.2) is 0 Å². The Kier molecular flexibility index (Phi) is 6.71. The molecule has 1 aromatic heterocycles. The van der Waals surface area contributed by atoms with Crippen LogP contribution in [0.4, 0.5) is 0 Å². The lowest BCUT2D eigenvalue weighted by Gasteiger charge is -2.22. The summed E-state index contributed by atoms with van der Waals surface area (Å²) in [7, 11) is 3.94. The van der Waals surface area contributed by atoms with Gasteiger partial charge in [0.1, 0.15) is 0 Å². The fraction of sp³-hybridized carbons (Fsp3) is 0.421. The maximum absolute atomic E-state index is 4.47. The van der Waals surface area contributed by atoms with Crippen LogP contribution >= 0.6 is 24.0 Å². The smallest absolute Gasteiger partial charge is 0.193 e. The Morgan fingerprint density at radius 3 is 2.71 bits per heavy atom. The molecule has 0 bridgehead atoms. The number of benzene rings is 1. The van der Waals surface area contributed by atoms with Crippen LogP contribution in [0.25, 0.3) is 0 Å². The summed E-state index contributed by atoms with van der Waals surface area (Å²) in [5, 5.41) is 3.50. The number of aliphatic imine (C=N–C) groups is 1. The molecule has 1 aliphatic heterocycles. The topological polar surface area (TPSA) is 32.6 Å². The minimum atomic E-state index is 0. The third-order valence-corrected chi connectivity index (χ3v) is 4.81. The van der Waals surface area contributed by atoms with Crippen molar-refractivity contribution in [3.8, 4) is 0 Å². The van der Waals surface area contributed by atoms with Gasteiger partial charge in [-0.1, -0.05) is 24.3 Å². The van der Waals surface area contributed by atoms with Crippen molar-refractivity contribution in [2.24, 2.45) is 12.0 Å². The summed E-state index contributed by atoms with van der Waals surface area (Å²) in [6, 6.07) is 13.0. The lowest BCUT2D eigenvalue weighted by molar-refractivity contribution is 0.484. The van der Waals surface area contributed by atoms with Gasteiger partial charge in [0.15, 0.2) is 5.96 Å². The highest BCUT2D eigenvalue weighted by molar-refractivity contribution is 14.0. The highest BCUT2D eigenvalue weighted by Gasteiger charge is 2.26. The summed E-state index contributed by atoms with van der Waals surface area (Å²) in [6.45, 7) is 5.12. The predicted molar refractivity (Wildman–Crippen MR) is 111 cm³/mol. The normalized spacial score (nSPS) is 17.7. The average Bonchev–Trinajstić information content (AvgIpc) is 3.18. The minimum absolute atomic E-state index is 0. The second-order valence-electron chi connectivity index (χ2n) is 6.30. The van der Waals surface area contributed by atoms with Gasteiger partial charge in [0.05, 0.1) is 6.54 Å². The molecule has 1 N–H and O–H groups in total. The summed E-state index contributed by atoms with van der Waals surface area (Å²) >= 11 is 0. The molecule has 130 valence electrons. The van der Waals surface area contributed by atoms with Crippen LogP contribution in [0.3, 0.4) is 0 Å². The Morgan fingerprint density at radius 1 is 1.25 bits per heavy atom. The van der Waals surface area contributed by atoms with E-state index in [4.69, 9.17) is 0 Å². The van der Waals surface area contributed by atoms with Gasteiger partial charge < -0.3 is 14.8 Å². The van der Waals surface area contributed by atoms with Gasteiger partial charge in [-0.15, -0.1) is 24.0 Å². The molecule has 1 fully saturated rings. The Bertz CT molecular complexity index is 692. The molecule has 2 aromatic rings. The molecular weight excluding hydrogens is 411 g/mol. The zero-order valence-electron chi connectivity index (χ0n) is 14.7. The zero-order valence-corrected chi connectivity index (χ0v) is 17.0. The first kappa shape index (κ1) is 18.8. The number of guanidine groups is 1. The van der Waals surface area contributed by atoms with Gasteiger partial charge in [0.2, 0.25) is 0 Å². The lowest BCUT2D eigenvalue weighted by Crippen LogP contribution is -2.39. The van der Waals surface area contributed by atoms with Crippen LogP contribution in [0.5, 0.6) is 0 Å². The van der Waals surface area contributed by atoms with Gasteiger partial charge in [0, 0.05) is 45.0 Å². The third-order valence-electron chi connectivity index (χ3n) is 4.81. The van der Waals surface area contributed by atoms with E-state index in [9.17, 15) is 0 Å². The molecule has 0 aliphatic carbocycles. The van der Waals surface area contributed by atoms with Gasteiger partial charge in [-0.2, -0.15) is 0 Å². The number of aryl methyl sites for hydroxylation is 2. The predicted octanol–water partition coefficient (Wildman–Crippen LogP) is 3.52. The summed E-state index contributed by atoms with van der Waals surface area (Å²) < 4.78 is 2.14. The van der Waals surface area contributed by atoms with Crippen LogP contribution in [0.1, 0.15) is 29.2 Å². The first-order valence-electron chi connectivity index (χ1n) is 8.30. The maximum atomic E-state index is 4.47. The van der Waals surface area contributed by atoms with Crippen molar-refractivity contribution in [3.63, 3.8) is 0 Å². The monoisotopic (exact) mass is 438 g/mol. The molecule has 1 aliphatic rings. The fourth-order valence-electron chi connectivity index (χ4n) is 3.43. The Hall–Kier alpha value is -1.50. The molecule has 4 nitrogen and oxygen atoms in total. The molecule has 1 saturated heterocycles. The number of likely N-dealkylation sites (tertiary alicyclic amines) is 1. The highest BCUT2D eigenvalue weighted by atomic mass is 127. The maximum Gasteiger partial charge on any atom is 0.193 e. The van der Waals surface area contributed by atoms with E-state index in [1.165, 1.54) is 23.2 Å². The molecule has 0 saturated carbocycles. The second kappa shape index (κ2) is 8.55. The Balaban J connectivity index is 0.00000208. The van der Waals surface area contributed by atoms with Crippen molar-refractivity contribution in [1.82, 2.24) is 14.8 Å². The van der Waals surface area contributed by atoms with Gasteiger partial charge in [-0.3, -0.25) is 4.99 Å². The SMILES string of the molecule is CN=C(NCc1cccn1C)N1CCC(c2ccccc2C)C1.I. The molecule has 5 heteroatoms. The number of aromatic nitrogens is 1. The van der Waals surface area contributed by atoms with Crippen molar-refractivity contribution in [2.45, 2.75) is 25.8 Å². The van der Waals surface area contributed by atoms with Gasteiger partial charge in [0.25, 0.3) is 0 Å². The number of hydrogen-bond donors (Lipinski definition) is 1. The summed E-state index contributed by atoms with van der Waals surface area (Å²) in [5.74, 6) is 1.60. The standard InChI is InChI=1S/C19H26N4.HI/c1-15-7-4-5-9-18(15)16-10-12-23(14-16)19(20-2)21-13-17-8-6-11-22(17)3;/h4-9,11,16H,10,12-14H2,1-3H3,(H,20,21);1H. The lowest BCUT2D eigenvalue weighted by atomic mass is 9.94. The number of rotatable bonds is 3. The molecule has 1 atom stereocenters. The van der Waals surface area contributed by atoms with E-state index < -0.39 is 0 Å². The average molecular weight is 438 g/mol. The Morgan fingerprint density at radius 2 is 2.04 bits per heavy atom. The van der Waals surface area contributed by atoms with Gasteiger partial charge in [-0.05, 0) is 36.6 Å². The summed E-state index contributed by atoms with van der Waals surface area (Å²) in [4.78, 5) is 6.85. The van der Waals surface area contributed by atoms with E-state index in [1.807, 2.05) is 7.05 Å². The number of halogens is 1. The van der Waals surface area contributed by atoms with E-state index in [0.717, 1.165) is 25.6 Å².